The monoisotopic (exact) mass is 353 g/mol. The van der Waals surface area contributed by atoms with Crippen LogP contribution in [0, 0.1) is 17.0 Å². The first-order chi connectivity index (χ1) is 12.4. The number of carbonyl (C=O) groups excluding carboxylic acids is 3. The van der Waals surface area contributed by atoms with Crippen molar-refractivity contribution in [3.05, 3.63) is 69.3 Å². The molecule has 8 heteroatoms. The number of nitrogens with zero attached hydrogens (tertiary/aromatic N) is 2. The minimum Gasteiger partial charge on any atom is -0.326 e. The molecule has 0 aliphatic carbocycles. The Bertz CT molecular complexity index is 903. The van der Waals surface area contributed by atoms with E-state index in [4.69, 9.17) is 0 Å². The number of rotatable bonds is 5. The van der Waals surface area contributed by atoms with E-state index in [2.05, 4.69) is 5.32 Å². The second kappa shape index (κ2) is 6.75. The fourth-order valence-corrected chi connectivity index (χ4v) is 2.76. The first-order valence-corrected chi connectivity index (χ1v) is 7.88. The maximum atomic E-state index is 12.2. The number of nitrogens with one attached hydrogen (secondary N) is 1. The van der Waals surface area contributed by atoms with E-state index in [0.717, 1.165) is 4.90 Å². The number of fused-ring (bicyclic) bond motifs is 1. The van der Waals surface area contributed by atoms with E-state index in [-0.39, 0.29) is 24.3 Å². The van der Waals surface area contributed by atoms with E-state index in [0.29, 0.717) is 16.7 Å². The zero-order valence-corrected chi connectivity index (χ0v) is 13.9. The Morgan fingerprint density at radius 3 is 2.31 bits per heavy atom. The number of benzene rings is 2. The van der Waals surface area contributed by atoms with Crippen molar-refractivity contribution in [3.63, 3.8) is 0 Å². The molecule has 132 valence electrons. The summed E-state index contributed by atoms with van der Waals surface area (Å²) in [6, 6.07) is 10.9. The number of imide groups is 1. The van der Waals surface area contributed by atoms with Gasteiger partial charge in [0.1, 0.15) is 0 Å². The lowest BCUT2D eigenvalue weighted by Crippen LogP contribution is -2.32. The molecule has 1 aliphatic rings. The third-order valence-electron chi connectivity index (χ3n) is 4.13. The smallest absolute Gasteiger partial charge is 0.274 e. The molecule has 2 aromatic rings. The Morgan fingerprint density at radius 1 is 1.12 bits per heavy atom. The molecule has 0 aromatic heterocycles. The summed E-state index contributed by atoms with van der Waals surface area (Å²) in [6.07, 6.45) is -0.104. The SMILES string of the molecule is Cc1ccc(NC(=O)CCN2C(=O)c3ccccc3C2=O)cc1[N+](=O)[O-]. The lowest BCUT2D eigenvalue weighted by Gasteiger charge is -2.13. The molecular weight excluding hydrogens is 338 g/mol. The van der Waals surface area contributed by atoms with Gasteiger partial charge >= 0.3 is 0 Å². The largest absolute Gasteiger partial charge is 0.326 e. The number of amides is 3. The standard InChI is InChI=1S/C18H15N3O5/c1-11-6-7-12(10-15(11)21(25)26)19-16(22)8-9-20-17(23)13-4-2-3-5-14(13)18(20)24/h2-7,10H,8-9H2,1H3,(H,19,22). The van der Waals surface area contributed by atoms with Gasteiger partial charge in [0.2, 0.25) is 5.91 Å². The van der Waals surface area contributed by atoms with E-state index in [1.165, 1.54) is 12.1 Å². The summed E-state index contributed by atoms with van der Waals surface area (Å²) in [5.41, 5.74) is 1.33. The van der Waals surface area contributed by atoms with Crippen LogP contribution < -0.4 is 5.32 Å². The lowest BCUT2D eigenvalue weighted by atomic mass is 10.1. The summed E-state index contributed by atoms with van der Waals surface area (Å²) in [6.45, 7) is 1.54. The van der Waals surface area contributed by atoms with Gasteiger partial charge in [0.25, 0.3) is 17.5 Å². The van der Waals surface area contributed by atoms with Gasteiger partial charge in [-0.05, 0) is 25.1 Å². The van der Waals surface area contributed by atoms with Crippen molar-refractivity contribution in [3.8, 4) is 0 Å². The Balaban J connectivity index is 1.64. The number of aryl methyl sites for hydroxylation is 1. The van der Waals surface area contributed by atoms with Gasteiger partial charge in [0.15, 0.2) is 0 Å². The van der Waals surface area contributed by atoms with Crippen LogP contribution in [0.5, 0.6) is 0 Å². The summed E-state index contributed by atoms with van der Waals surface area (Å²) in [5, 5.41) is 13.5. The van der Waals surface area contributed by atoms with E-state index in [1.54, 1.807) is 37.3 Å². The van der Waals surface area contributed by atoms with Crippen LogP contribution in [0.1, 0.15) is 32.7 Å². The first kappa shape index (κ1) is 17.3. The highest BCUT2D eigenvalue weighted by Gasteiger charge is 2.34. The Hall–Kier alpha value is -3.55. The Morgan fingerprint density at radius 2 is 1.73 bits per heavy atom. The lowest BCUT2D eigenvalue weighted by molar-refractivity contribution is -0.385. The van der Waals surface area contributed by atoms with Crippen LogP contribution in [-0.4, -0.2) is 34.1 Å². The number of hydrogen-bond acceptors (Lipinski definition) is 5. The van der Waals surface area contributed by atoms with Crippen molar-refractivity contribution in [1.82, 2.24) is 4.90 Å². The maximum Gasteiger partial charge on any atom is 0.274 e. The number of nitro groups is 1. The van der Waals surface area contributed by atoms with Gasteiger partial charge in [-0.15, -0.1) is 0 Å². The molecule has 1 heterocycles. The van der Waals surface area contributed by atoms with Crippen molar-refractivity contribution < 1.29 is 19.3 Å². The minimum absolute atomic E-state index is 0.0634. The van der Waals surface area contributed by atoms with Crippen LogP contribution in [0.4, 0.5) is 11.4 Å². The van der Waals surface area contributed by atoms with Crippen LogP contribution in [0.3, 0.4) is 0 Å². The van der Waals surface area contributed by atoms with Gasteiger partial charge < -0.3 is 5.32 Å². The summed E-state index contributed by atoms with van der Waals surface area (Å²) >= 11 is 0. The van der Waals surface area contributed by atoms with Crippen molar-refractivity contribution in [1.29, 1.82) is 0 Å². The summed E-state index contributed by atoms with van der Waals surface area (Å²) in [4.78, 5) is 48.0. The van der Waals surface area contributed by atoms with Crippen LogP contribution >= 0.6 is 0 Å². The van der Waals surface area contributed by atoms with Crippen LogP contribution in [-0.2, 0) is 4.79 Å². The molecule has 0 atom stereocenters. The van der Waals surface area contributed by atoms with E-state index in [9.17, 15) is 24.5 Å². The third-order valence-corrected chi connectivity index (χ3v) is 4.13. The zero-order valence-electron chi connectivity index (χ0n) is 13.9. The molecule has 0 saturated carbocycles. The van der Waals surface area contributed by atoms with Crippen molar-refractivity contribution >= 4 is 29.1 Å². The molecular formula is C18H15N3O5. The fourth-order valence-electron chi connectivity index (χ4n) is 2.76. The number of nitro benzene ring substituents is 1. The number of carbonyl (C=O) groups is 3. The van der Waals surface area contributed by atoms with Crippen LogP contribution in [0.2, 0.25) is 0 Å². The molecule has 3 rings (SSSR count). The summed E-state index contributed by atoms with van der Waals surface area (Å²) in [5.74, 6) is -1.30. The Labute approximate surface area is 148 Å². The van der Waals surface area contributed by atoms with Crippen LogP contribution in [0.15, 0.2) is 42.5 Å². The molecule has 26 heavy (non-hydrogen) atoms. The van der Waals surface area contributed by atoms with E-state index >= 15 is 0 Å². The van der Waals surface area contributed by atoms with Gasteiger partial charge in [-0.3, -0.25) is 29.4 Å². The molecule has 8 nitrogen and oxygen atoms in total. The van der Waals surface area contributed by atoms with E-state index in [1.807, 2.05) is 0 Å². The van der Waals surface area contributed by atoms with Crippen LogP contribution in [0.25, 0.3) is 0 Å². The minimum atomic E-state index is -0.524. The normalized spacial score (nSPS) is 12.9. The predicted molar refractivity (Wildman–Crippen MR) is 92.9 cm³/mol. The summed E-state index contributed by atoms with van der Waals surface area (Å²) < 4.78 is 0. The molecule has 0 saturated heterocycles. The van der Waals surface area contributed by atoms with Gasteiger partial charge in [0.05, 0.1) is 16.1 Å². The average molecular weight is 353 g/mol. The number of anilines is 1. The zero-order chi connectivity index (χ0) is 18.8. The third kappa shape index (κ3) is 3.16. The van der Waals surface area contributed by atoms with Gasteiger partial charge in [-0.2, -0.15) is 0 Å². The van der Waals surface area contributed by atoms with Gasteiger partial charge in [-0.25, -0.2) is 0 Å². The Kier molecular flexibility index (Phi) is 4.49. The molecule has 0 bridgehead atoms. The quantitative estimate of drug-likeness (QED) is 0.504. The van der Waals surface area contributed by atoms with Crippen molar-refractivity contribution in [2.24, 2.45) is 0 Å². The summed E-state index contributed by atoms with van der Waals surface area (Å²) in [7, 11) is 0. The average Bonchev–Trinajstić information content (AvgIpc) is 2.86. The molecule has 0 spiro atoms. The van der Waals surface area contributed by atoms with Gasteiger partial charge in [0, 0.05) is 30.3 Å². The number of hydrogen-bond donors (Lipinski definition) is 1. The van der Waals surface area contributed by atoms with E-state index < -0.39 is 22.6 Å². The predicted octanol–water partition coefficient (Wildman–Crippen LogP) is 2.53. The fraction of sp³-hybridized carbons (Fsp3) is 0.167. The molecule has 0 unspecified atom stereocenters. The van der Waals surface area contributed by atoms with Crippen molar-refractivity contribution in [2.45, 2.75) is 13.3 Å². The first-order valence-electron chi connectivity index (χ1n) is 7.88. The van der Waals surface area contributed by atoms with Crippen molar-refractivity contribution in [2.75, 3.05) is 11.9 Å². The highest BCUT2D eigenvalue weighted by Crippen LogP contribution is 2.24. The molecule has 1 N–H and O–H groups in total. The second-order valence-corrected chi connectivity index (χ2v) is 5.86. The second-order valence-electron chi connectivity index (χ2n) is 5.86. The molecule has 1 aliphatic heterocycles. The molecule has 2 aromatic carbocycles. The highest BCUT2D eigenvalue weighted by molar-refractivity contribution is 6.21. The molecule has 0 fully saturated rings. The molecule has 3 amide bonds. The maximum absolute atomic E-state index is 12.2. The topological polar surface area (TPSA) is 110 Å². The van der Waals surface area contributed by atoms with Gasteiger partial charge in [-0.1, -0.05) is 18.2 Å². The highest BCUT2D eigenvalue weighted by atomic mass is 16.6. The molecule has 0 radical (unpaired) electrons.